The maximum atomic E-state index is 11.4. The molecule has 0 amide bonds. The van der Waals surface area contributed by atoms with Crippen LogP contribution in [-0.2, 0) is 0 Å². The van der Waals surface area contributed by atoms with Crippen molar-refractivity contribution in [2.75, 3.05) is 11.6 Å². The van der Waals surface area contributed by atoms with Gasteiger partial charge in [0, 0.05) is 11.3 Å². The van der Waals surface area contributed by atoms with Gasteiger partial charge in [-0.15, -0.1) is 11.6 Å². The topological polar surface area (TPSA) is 43.1 Å². The number of nitrogen functional groups attached to an aromatic ring is 1. The summed E-state index contributed by atoms with van der Waals surface area (Å²) in [6.07, 6.45) is 0. The molecule has 13 heavy (non-hydrogen) atoms. The first-order chi connectivity index (χ1) is 6.07. The van der Waals surface area contributed by atoms with Gasteiger partial charge in [0.15, 0.2) is 5.78 Å². The predicted molar refractivity (Wildman–Crippen MR) is 55.4 cm³/mol. The van der Waals surface area contributed by atoms with Gasteiger partial charge in [0.25, 0.3) is 0 Å². The summed E-state index contributed by atoms with van der Waals surface area (Å²) >= 11 is 5.48. The second kappa shape index (κ2) is 3.79. The molecule has 0 aliphatic carbocycles. The molecule has 1 aromatic carbocycles. The van der Waals surface area contributed by atoms with Crippen LogP contribution in [0.4, 0.5) is 5.69 Å². The Kier molecular flexibility index (Phi) is 2.94. The minimum Gasteiger partial charge on any atom is -0.398 e. The summed E-state index contributed by atoms with van der Waals surface area (Å²) in [5.74, 6) is -0.130. The normalized spacial score (nSPS) is 10.1. The first-order valence-electron chi connectivity index (χ1n) is 4.02. The highest BCUT2D eigenvalue weighted by Crippen LogP contribution is 2.20. The third-order valence-corrected chi connectivity index (χ3v) is 2.41. The molecule has 0 fully saturated rings. The first-order valence-corrected chi connectivity index (χ1v) is 4.56. The Morgan fingerprint density at radius 3 is 2.62 bits per heavy atom. The van der Waals surface area contributed by atoms with Crippen LogP contribution >= 0.6 is 11.6 Å². The molecule has 0 bridgehead atoms. The van der Waals surface area contributed by atoms with Gasteiger partial charge in [-0.05, 0) is 31.0 Å². The summed E-state index contributed by atoms with van der Waals surface area (Å²) in [6, 6.07) is 3.64. The van der Waals surface area contributed by atoms with Crippen molar-refractivity contribution in [2.24, 2.45) is 0 Å². The van der Waals surface area contributed by atoms with Gasteiger partial charge in [0.05, 0.1) is 5.88 Å². The second-order valence-corrected chi connectivity index (χ2v) is 3.30. The zero-order valence-corrected chi connectivity index (χ0v) is 8.48. The smallest absolute Gasteiger partial charge is 0.179 e. The van der Waals surface area contributed by atoms with Gasteiger partial charge in [-0.3, -0.25) is 4.79 Å². The van der Waals surface area contributed by atoms with E-state index in [1.165, 1.54) is 0 Å². The molecule has 2 nitrogen and oxygen atoms in total. The molecule has 0 spiro atoms. The number of hydrogen-bond acceptors (Lipinski definition) is 2. The highest BCUT2D eigenvalue weighted by molar-refractivity contribution is 6.31. The molecule has 0 aliphatic rings. The number of benzene rings is 1. The Hall–Kier alpha value is -1.02. The molecule has 0 radical (unpaired) electrons. The van der Waals surface area contributed by atoms with Crippen LogP contribution in [0.2, 0.25) is 0 Å². The van der Waals surface area contributed by atoms with Crippen LogP contribution in [0, 0.1) is 13.8 Å². The molecule has 70 valence electrons. The van der Waals surface area contributed by atoms with Crippen molar-refractivity contribution in [3.05, 3.63) is 28.8 Å². The minimum atomic E-state index is -0.111. The molecule has 2 N–H and O–H groups in total. The van der Waals surface area contributed by atoms with Gasteiger partial charge in [0.2, 0.25) is 0 Å². The average Bonchev–Trinajstić information content (AvgIpc) is 2.12. The van der Waals surface area contributed by atoms with Crippen molar-refractivity contribution in [3.63, 3.8) is 0 Å². The van der Waals surface area contributed by atoms with E-state index in [0.29, 0.717) is 11.3 Å². The lowest BCUT2D eigenvalue weighted by Crippen LogP contribution is -2.08. The second-order valence-electron chi connectivity index (χ2n) is 3.03. The van der Waals surface area contributed by atoms with Crippen LogP contribution in [-0.4, -0.2) is 11.7 Å². The fraction of sp³-hybridized carbons (Fsp3) is 0.300. The zero-order valence-electron chi connectivity index (χ0n) is 7.73. The average molecular weight is 198 g/mol. The Morgan fingerprint density at radius 1 is 1.46 bits per heavy atom. The molecular weight excluding hydrogens is 186 g/mol. The summed E-state index contributed by atoms with van der Waals surface area (Å²) in [7, 11) is 0. The molecule has 1 rings (SSSR count). The molecule has 0 atom stereocenters. The number of halogens is 1. The van der Waals surface area contributed by atoms with Gasteiger partial charge in [-0.25, -0.2) is 0 Å². The number of hydrogen-bond donors (Lipinski definition) is 1. The third kappa shape index (κ3) is 1.83. The van der Waals surface area contributed by atoms with E-state index in [1.807, 2.05) is 19.9 Å². The summed E-state index contributed by atoms with van der Waals surface area (Å²) in [4.78, 5) is 11.4. The molecule has 0 saturated heterocycles. The van der Waals surface area contributed by atoms with Crippen LogP contribution in [0.15, 0.2) is 12.1 Å². The number of Topliss-reactive ketones (excluding diaryl/α,β-unsaturated/α-hetero) is 1. The lowest BCUT2D eigenvalue weighted by atomic mass is 9.99. The van der Waals surface area contributed by atoms with Crippen LogP contribution in [0.1, 0.15) is 21.5 Å². The van der Waals surface area contributed by atoms with E-state index in [0.717, 1.165) is 11.1 Å². The predicted octanol–water partition coefficient (Wildman–Crippen LogP) is 2.31. The Morgan fingerprint density at radius 2 is 2.08 bits per heavy atom. The Bertz CT molecular complexity index is 347. The monoisotopic (exact) mass is 197 g/mol. The van der Waals surface area contributed by atoms with E-state index in [1.54, 1.807) is 6.07 Å². The van der Waals surface area contributed by atoms with Crippen molar-refractivity contribution in [3.8, 4) is 0 Å². The Labute approximate surface area is 82.7 Å². The SMILES string of the molecule is Cc1ccc(N)c(C(=O)CCl)c1C. The summed E-state index contributed by atoms with van der Waals surface area (Å²) < 4.78 is 0. The standard InChI is InChI=1S/C10H12ClNO/c1-6-3-4-8(12)10(7(6)2)9(13)5-11/h3-4H,5,12H2,1-2H3. The van der Waals surface area contributed by atoms with Gasteiger partial charge in [0.1, 0.15) is 0 Å². The maximum absolute atomic E-state index is 11.4. The zero-order chi connectivity index (χ0) is 10.0. The van der Waals surface area contributed by atoms with Gasteiger partial charge in [-0.1, -0.05) is 6.07 Å². The van der Waals surface area contributed by atoms with Crippen LogP contribution in [0.25, 0.3) is 0 Å². The minimum absolute atomic E-state index is 0.0194. The maximum Gasteiger partial charge on any atom is 0.179 e. The fourth-order valence-electron chi connectivity index (χ4n) is 1.27. The van der Waals surface area contributed by atoms with Crippen LogP contribution in [0.5, 0.6) is 0 Å². The van der Waals surface area contributed by atoms with E-state index in [9.17, 15) is 4.79 Å². The Balaban J connectivity index is 3.33. The van der Waals surface area contributed by atoms with E-state index >= 15 is 0 Å². The molecule has 0 aromatic heterocycles. The number of carbonyl (C=O) groups is 1. The van der Waals surface area contributed by atoms with E-state index in [2.05, 4.69) is 0 Å². The molecule has 0 saturated carbocycles. The fourth-order valence-corrected chi connectivity index (χ4v) is 1.41. The molecule has 0 unspecified atom stereocenters. The molecule has 0 heterocycles. The lowest BCUT2D eigenvalue weighted by molar-refractivity contribution is 0.102. The van der Waals surface area contributed by atoms with Crippen molar-refractivity contribution >= 4 is 23.1 Å². The molecular formula is C10H12ClNO. The molecule has 0 aliphatic heterocycles. The van der Waals surface area contributed by atoms with Gasteiger partial charge >= 0.3 is 0 Å². The van der Waals surface area contributed by atoms with Crippen LogP contribution in [0.3, 0.4) is 0 Å². The van der Waals surface area contributed by atoms with Crippen molar-refractivity contribution in [1.82, 2.24) is 0 Å². The first kappa shape index (κ1) is 10.1. The number of nitrogens with two attached hydrogens (primary N) is 1. The quantitative estimate of drug-likeness (QED) is 0.449. The molecule has 1 aromatic rings. The number of carbonyl (C=O) groups excluding carboxylic acids is 1. The van der Waals surface area contributed by atoms with E-state index in [-0.39, 0.29) is 11.7 Å². The third-order valence-electron chi connectivity index (χ3n) is 2.17. The highest BCUT2D eigenvalue weighted by atomic mass is 35.5. The number of rotatable bonds is 2. The number of anilines is 1. The van der Waals surface area contributed by atoms with Crippen LogP contribution < -0.4 is 5.73 Å². The van der Waals surface area contributed by atoms with E-state index < -0.39 is 0 Å². The number of ketones is 1. The highest BCUT2D eigenvalue weighted by Gasteiger charge is 2.12. The number of alkyl halides is 1. The summed E-state index contributed by atoms with van der Waals surface area (Å²) in [5, 5.41) is 0. The summed E-state index contributed by atoms with van der Waals surface area (Å²) in [5.41, 5.74) is 8.74. The molecule has 3 heteroatoms. The number of aryl methyl sites for hydroxylation is 1. The van der Waals surface area contributed by atoms with Crippen molar-refractivity contribution < 1.29 is 4.79 Å². The van der Waals surface area contributed by atoms with E-state index in [4.69, 9.17) is 17.3 Å². The lowest BCUT2D eigenvalue weighted by Gasteiger charge is -2.09. The van der Waals surface area contributed by atoms with Gasteiger partial charge < -0.3 is 5.73 Å². The largest absolute Gasteiger partial charge is 0.398 e. The summed E-state index contributed by atoms with van der Waals surface area (Å²) in [6.45, 7) is 3.82. The van der Waals surface area contributed by atoms with Gasteiger partial charge in [-0.2, -0.15) is 0 Å². The van der Waals surface area contributed by atoms with Crippen molar-refractivity contribution in [1.29, 1.82) is 0 Å². The van der Waals surface area contributed by atoms with Crippen molar-refractivity contribution in [2.45, 2.75) is 13.8 Å².